The zero-order valence-electron chi connectivity index (χ0n) is 26.1. The zero-order valence-corrected chi connectivity index (χ0v) is 26.1. The maximum absolute atomic E-state index is 13.6. The van der Waals surface area contributed by atoms with Crippen LogP contribution in [0.4, 0.5) is 28.2 Å². The van der Waals surface area contributed by atoms with Crippen molar-refractivity contribution < 1.29 is 41.5 Å². The van der Waals surface area contributed by atoms with E-state index in [1.165, 1.54) is 11.0 Å². The molecule has 1 saturated heterocycles. The van der Waals surface area contributed by atoms with Crippen molar-refractivity contribution in [1.29, 1.82) is 0 Å². The van der Waals surface area contributed by atoms with Crippen LogP contribution in [0.15, 0.2) is 28.9 Å². The van der Waals surface area contributed by atoms with Crippen LogP contribution in [0.5, 0.6) is 0 Å². The Morgan fingerprint density at radius 1 is 1.13 bits per heavy atom. The summed E-state index contributed by atoms with van der Waals surface area (Å²) in [4.78, 5) is 37.3. The van der Waals surface area contributed by atoms with Gasteiger partial charge in [0.15, 0.2) is 5.82 Å². The highest BCUT2D eigenvalue weighted by Crippen LogP contribution is 2.39. The van der Waals surface area contributed by atoms with Gasteiger partial charge in [-0.05, 0) is 87.6 Å². The third-order valence-electron chi connectivity index (χ3n) is 8.97. The van der Waals surface area contributed by atoms with Crippen LogP contribution in [0.2, 0.25) is 0 Å². The summed E-state index contributed by atoms with van der Waals surface area (Å²) in [5.74, 6) is 0.742. The molecule has 46 heavy (non-hydrogen) atoms. The van der Waals surface area contributed by atoms with Crippen molar-refractivity contribution in [2.45, 2.75) is 84.4 Å². The molecule has 1 saturated carbocycles. The second kappa shape index (κ2) is 13.2. The molecule has 2 fully saturated rings. The van der Waals surface area contributed by atoms with Crippen molar-refractivity contribution in [1.82, 2.24) is 20.0 Å². The Bertz CT molecular complexity index is 1570. The largest absolute Gasteiger partial charge is 0.481 e. The number of halogens is 4. The highest BCUT2D eigenvalue weighted by Gasteiger charge is 2.42. The summed E-state index contributed by atoms with van der Waals surface area (Å²) < 4.78 is 65.2. The maximum atomic E-state index is 13.6. The number of carbonyl (C=O) groups excluding carboxylic acids is 1. The minimum Gasteiger partial charge on any atom is -0.481 e. The number of benzene rings is 1. The van der Waals surface area contributed by atoms with Crippen LogP contribution >= 0.6 is 0 Å². The predicted octanol–water partition coefficient (Wildman–Crippen LogP) is 7.04. The number of anilines is 1. The lowest BCUT2D eigenvalue weighted by Crippen LogP contribution is -2.34. The van der Waals surface area contributed by atoms with Gasteiger partial charge >= 0.3 is 18.2 Å². The van der Waals surface area contributed by atoms with E-state index in [1.54, 1.807) is 27.0 Å². The molecule has 2 aliphatic rings. The minimum atomic E-state index is -4.70. The van der Waals surface area contributed by atoms with Crippen molar-refractivity contribution in [3.05, 3.63) is 58.2 Å². The van der Waals surface area contributed by atoms with E-state index in [0.29, 0.717) is 46.7 Å². The number of nitrogens with zero attached hydrogens (tertiary/aromatic N) is 5. The van der Waals surface area contributed by atoms with E-state index in [1.807, 2.05) is 11.9 Å². The molecular weight excluding hydrogens is 610 g/mol. The Balaban J connectivity index is 1.43. The molecule has 1 aliphatic carbocycles. The molecule has 0 spiro atoms. The van der Waals surface area contributed by atoms with Crippen molar-refractivity contribution in [2.75, 3.05) is 18.5 Å². The van der Waals surface area contributed by atoms with E-state index in [-0.39, 0.29) is 30.0 Å². The van der Waals surface area contributed by atoms with Gasteiger partial charge < -0.3 is 19.3 Å². The number of aryl methyl sites for hydroxylation is 2. The van der Waals surface area contributed by atoms with Crippen LogP contribution < -0.4 is 4.90 Å². The van der Waals surface area contributed by atoms with E-state index < -0.39 is 42.6 Å². The van der Waals surface area contributed by atoms with Crippen LogP contribution in [-0.2, 0) is 28.9 Å². The summed E-state index contributed by atoms with van der Waals surface area (Å²) in [5.41, 5.74) is 1.08. The standard InChI is InChI=1S/C32H37F4N5O5/c1-17-28(19(3)46-39-17)25-14-37-30(40(4)15-21-7-5-20(6-8-21)11-27(42)43)26(38-25)16-41-18(2)29(45-31(41)44)23-9-22(13-33)10-24(12-23)32(34,35)36/h9-10,12,14,18,20-21,29H,5-8,11,13,15-16H2,1-4H3,(H,42,43)/t18-,20-,21-,29?/m0/s1. The first-order chi connectivity index (χ1) is 21.7. The second-order valence-electron chi connectivity index (χ2n) is 12.4. The number of amides is 1. The fraction of sp³-hybridized carbons (Fsp3) is 0.531. The summed E-state index contributed by atoms with van der Waals surface area (Å²) in [6.45, 7) is 4.67. The average Bonchev–Trinajstić information content (AvgIpc) is 3.49. The summed E-state index contributed by atoms with van der Waals surface area (Å²) in [5, 5.41) is 13.2. The van der Waals surface area contributed by atoms with Gasteiger partial charge in [0.25, 0.3) is 0 Å². The van der Waals surface area contributed by atoms with Gasteiger partial charge in [-0.3, -0.25) is 9.69 Å². The van der Waals surface area contributed by atoms with Crippen molar-refractivity contribution in [3.8, 4) is 11.3 Å². The molecule has 1 aliphatic heterocycles. The molecule has 1 amide bonds. The van der Waals surface area contributed by atoms with Gasteiger partial charge in [0.05, 0.1) is 41.3 Å². The number of aliphatic carboxylic acids is 1. The monoisotopic (exact) mass is 647 g/mol. The molecule has 0 radical (unpaired) electrons. The van der Waals surface area contributed by atoms with Crippen LogP contribution in [0, 0.1) is 25.7 Å². The molecule has 0 bridgehead atoms. The highest BCUT2D eigenvalue weighted by molar-refractivity contribution is 5.72. The van der Waals surface area contributed by atoms with Gasteiger partial charge in [0.2, 0.25) is 0 Å². The molecule has 3 aromatic rings. The SMILES string of the molecule is Cc1noc(C)c1-c1cnc(N(C)C[C@H]2CC[C@H](CC(=O)O)CC2)c(CN2C(=O)OC(c3cc(CF)cc(C(F)(F)F)c3)[C@@H]2C)n1. The lowest BCUT2D eigenvalue weighted by molar-refractivity contribution is -0.139. The molecule has 5 rings (SSSR count). The summed E-state index contributed by atoms with van der Waals surface area (Å²) in [6, 6.07) is 2.21. The lowest BCUT2D eigenvalue weighted by atomic mass is 9.80. The molecule has 1 unspecified atom stereocenters. The number of carbonyl (C=O) groups is 2. The van der Waals surface area contributed by atoms with Crippen LogP contribution in [0.3, 0.4) is 0 Å². The normalized spacial score (nSPS) is 21.8. The van der Waals surface area contributed by atoms with Gasteiger partial charge in [0.1, 0.15) is 24.2 Å². The number of carboxylic acid groups (broad SMARTS) is 1. The Hall–Kier alpha value is -4.23. The lowest BCUT2D eigenvalue weighted by Gasteiger charge is -2.32. The summed E-state index contributed by atoms with van der Waals surface area (Å²) in [7, 11) is 1.88. The van der Waals surface area contributed by atoms with Crippen molar-refractivity contribution in [3.63, 3.8) is 0 Å². The zero-order chi connectivity index (χ0) is 33.3. The number of hydrogen-bond donors (Lipinski definition) is 1. The molecule has 2 aromatic heterocycles. The van der Waals surface area contributed by atoms with Crippen LogP contribution in [-0.4, -0.2) is 56.8 Å². The number of alkyl halides is 4. The molecule has 10 nitrogen and oxygen atoms in total. The Morgan fingerprint density at radius 2 is 1.83 bits per heavy atom. The molecule has 1 aromatic carbocycles. The van der Waals surface area contributed by atoms with Gasteiger partial charge in [-0.15, -0.1) is 0 Å². The Labute approximate surface area is 263 Å². The quantitative estimate of drug-likeness (QED) is 0.231. The minimum absolute atomic E-state index is 0.0530. The van der Waals surface area contributed by atoms with E-state index in [2.05, 4.69) is 5.16 Å². The topological polar surface area (TPSA) is 122 Å². The number of carboxylic acids is 1. The summed E-state index contributed by atoms with van der Waals surface area (Å²) >= 11 is 0. The fourth-order valence-corrected chi connectivity index (χ4v) is 6.60. The van der Waals surface area contributed by atoms with E-state index >= 15 is 0 Å². The van der Waals surface area contributed by atoms with Crippen LogP contribution in [0.25, 0.3) is 11.3 Å². The third kappa shape index (κ3) is 7.10. The highest BCUT2D eigenvalue weighted by atomic mass is 19.4. The van der Waals surface area contributed by atoms with E-state index in [4.69, 9.17) is 24.3 Å². The number of ether oxygens (including phenoxy) is 1. The fourth-order valence-electron chi connectivity index (χ4n) is 6.60. The van der Waals surface area contributed by atoms with Gasteiger partial charge in [0, 0.05) is 20.0 Å². The van der Waals surface area contributed by atoms with Gasteiger partial charge in [-0.1, -0.05) is 5.16 Å². The first-order valence-electron chi connectivity index (χ1n) is 15.2. The summed E-state index contributed by atoms with van der Waals surface area (Å²) in [6.07, 6.45) is -1.33. The molecule has 14 heteroatoms. The van der Waals surface area contributed by atoms with Crippen molar-refractivity contribution in [2.24, 2.45) is 11.8 Å². The molecule has 2 atom stereocenters. The predicted molar refractivity (Wildman–Crippen MR) is 158 cm³/mol. The number of cyclic esters (lactones) is 1. The molecule has 1 N–H and O–H groups in total. The second-order valence-corrected chi connectivity index (χ2v) is 12.4. The molecule has 3 heterocycles. The first kappa shape index (κ1) is 33.1. The smallest absolute Gasteiger partial charge is 0.416 e. The third-order valence-corrected chi connectivity index (χ3v) is 8.97. The molecule has 248 valence electrons. The van der Waals surface area contributed by atoms with Gasteiger partial charge in [-0.2, -0.15) is 13.2 Å². The van der Waals surface area contributed by atoms with E-state index in [9.17, 15) is 27.2 Å². The number of hydrogen-bond acceptors (Lipinski definition) is 8. The maximum Gasteiger partial charge on any atom is 0.416 e. The van der Waals surface area contributed by atoms with E-state index in [0.717, 1.165) is 37.8 Å². The Morgan fingerprint density at radius 3 is 2.43 bits per heavy atom. The molecular formula is C32H37F4N5O5. The Kier molecular flexibility index (Phi) is 9.54. The average molecular weight is 648 g/mol. The number of aromatic nitrogens is 3. The van der Waals surface area contributed by atoms with Crippen LogP contribution in [0.1, 0.15) is 79.0 Å². The number of rotatable bonds is 10. The van der Waals surface area contributed by atoms with Crippen molar-refractivity contribution >= 4 is 17.9 Å². The first-order valence-corrected chi connectivity index (χ1v) is 15.2. The van der Waals surface area contributed by atoms with Gasteiger partial charge in [-0.25, -0.2) is 19.2 Å².